The predicted octanol–water partition coefficient (Wildman–Crippen LogP) is 3.69. The molecule has 0 aromatic heterocycles. The monoisotopic (exact) mass is 313 g/mol. The van der Waals surface area contributed by atoms with E-state index in [1.807, 2.05) is 18.2 Å². The van der Waals surface area contributed by atoms with E-state index in [1.165, 1.54) is 16.4 Å². The molecular formula is C17H12FNO2S. The molecule has 4 rings (SSSR count). The van der Waals surface area contributed by atoms with Crippen molar-refractivity contribution in [1.82, 2.24) is 0 Å². The largest absolute Gasteiger partial charge is 0.265 e. The number of benzene rings is 3. The Morgan fingerprint density at radius 1 is 0.909 bits per heavy atom. The average molecular weight is 313 g/mol. The highest BCUT2D eigenvalue weighted by molar-refractivity contribution is 7.93. The molecule has 110 valence electrons. The van der Waals surface area contributed by atoms with E-state index in [-0.39, 0.29) is 12.4 Å². The molecule has 0 saturated heterocycles. The summed E-state index contributed by atoms with van der Waals surface area (Å²) in [5.74, 6) is -0.335. The molecule has 0 N–H and O–H groups in total. The van der Waals surface area contributed by atoms with Gasteiger partial charge >= 0.3 is 0 Å². The lowest BCUT2D eigenvalue weighted by atomic mass is 10.1. The highest BCUT2D eigenvalue weighted by Gasteiger charge is 2.35. The molecule has 3 nitrogen and oxygen atoms in total. The van der Waals surface area contributed by atoms with Gasteiger partial charge in [0.1, 0.15) is 5.82 Å². The zero-order valence-electron chi connectivity index (χ0n) is 11.5. The van der Waals surface area contributed by atoms with Crippen LogP contribution in [0.3, 0.4) is 0 Å². The van der Waals surface area contributed by atoms with Gasteiger partial charge in [-0.1, -0.05) is 36.4 Å². The molecule has 22 heavy (non-hydrogen) atoms. The van der Waals surface area contributed by atoms with E-state index in [9.17, 15) is 12.8 Å². The number of halogens is 1. The molecule has 0 unspecified atom stereocenters. The van der Waals surface area contributed by atoms with E-state index in [2.05, 4.69) is 0 Å². The summed E-state index contributed by atoms with van der Waals surface area (Å²) in [4.78, 5) is 0.336. The zero-order valence-corrected chi connectivity index (χ0v) is 12.3. The van der Waals surface area contributed by atoms with Crippen molar-refractivity contribution in [3.8, 4) is 0 Å². The first-order chi connectivity index (χ1) is 10.6. The van der Waals surface area contributed by atoms with Crippen molar-refractivity contribution in [2.45, 2.75) is 11.4 Å². The molecule has 0 aliphatic carbocycles. The molecule has 5 heteroatoms. The fraction of sp³-hybridized carbons (Fsp3) is 0.0588. The molecule has 0 atom stereocenters. The Balaban J connectivity index is 1.88. The minimum atomic E-state index is -3.57. The Morgan fingerprint density at radius 2 is 1.59 bits per heavy atom. The quantitative estimate of drug-likeness (QED) is 0.723. The lowest BCUT2D eigenvalue weighted by molar-refractivity contribution is 0.593. The van der Waals surface area contributed by atoms with Crippen molar-refractivity contribution in [2.24, 2.45) is 0 Å². The predicted molar refractivity (Wildman–Crippen MR) is 83.7 cm³/mol. The second-order valence-corrected chi connectivity index (χ2v) is 7.10. The smallest absolute Gasteiger partial charge is 0.261 e. The van der Waals surface area contributed by atoms with Gasteiger partial charge < -0.3 is 0 Å². The van der Waals surface area contributed by atoms with Crippen molar-refractivity contribution in [3.05, 3.63) is 72.0 Å². The highest BCUT2D eigenvalue weighted by Crippen LogP contribution is 2.42. The van der Waals surface area contributed by atoms with E-state index in [0.29, 0.717) is 10.6 Å². The van der Waals surface area contributed by atoms with Crippen molar-refractivity contribution in [3.63, 3.8) is 0 Å². The zero-order chi connectivity index (χ0) is 15.3. The summed E-state index contributed by atoms with van der Waals surface area (Å²) >= 11 is 0. The van der Waals surface area contributed by atoms with Crippen LogP contribution in [0, 0.1) is 5.82 Å². The van der Waals surface area contributed by atoms with Crippen LogP contribution >= 0.6 is 0 Å². The van der Waals surface area contributed by atoms with Crippen molar-refractivity contribution in [2.75, 3.05) is 4.31 Å². The molecule has 0 bridgehead atoms. The average Bonchev–Trinajstić information content (AvgIpc) is 2.73. The molecule has 1 aliphatic rings. The summed E-state index contributed by atoms with van der Waals surface area (Å²) in [6.07, 6.45) is 0. The number of hydrogen-bond donors (Lipinski definition) is 0. The Kier molecular flexibility index (Phi) is 2.74. The van der Waals surface area contributed by atoms with Crippen LogP contribution in [-0.4, -0.2) is 8.42 Å². The van der Waals surface area contributed by atoms with Crippen LogP contribution < -0.4 is 4.31 Å². The van der Waals surface area contributed by atoms with Crippen LogP contribution in [-0.2, 0) is 16.6 Å². The molecule has 1 heterocycles. The minimum absolute atomic E-state index is 0.191. The van der Waals surface area contributed by atoms with Crippen LogP contribution in [0.25, 0.3) is 10.8 Å². The Bertz CT molecular complexity index is 976. The number of anilines is 1. The standard InChI is InChI=1S/C17H12FNO2S/c18-14-9-7-12(8-10-14)11-19-15-5-1-3-13-4-2-6-16(17(13)15)22(19,20)21/h1-10H,11H2. The maximum Gasteiger partial charge on any atom is 0.265 e. The second-order valence-electron chi connectivity index (χ2n) is 5.27. The molecule has 3 aromatic rings. The number of rotatable bonds is 2. The third-order valence-electron chi connectivity index (χ3n) is 3.92. The SMILES string of the molecule is O=S1(=O)c2cccc3cccc(c23)N1Cc1ccc(F)cc1. The Hall–Kier alpha value is -2.40. The molecule has 0 saturated carbocycles. The van der Waals surface area contributed by atoms with Crippen molar-refractivity contribution in [1.29, 1.82) is 0 Å². The van der Waals surface area contributed by atoms with Crippen molar-refractivity contribution >= 4 is 26.5 Å². The molecule has 3 aromatic carbocycles. The first-order valence-corrected chi connectivity index (χ1v) is 8.30. The minimum Gasteiger partial charge on any atom is -0.261 e. The third kappa shape index (κ3) is 1.82. The van der Waals surface area contributed by atoms with E-state index < -0.39 is 10.0 Å². The van der Waals surface area contributed by atoms with Gasteiger partial charge in [0.05, 0.1) is 17.1 Å². The van der Waals surface area contributed by atoms with Gasteiger partial charge in [0.2, 0.25) is 0 Å². The molecule has 1 aliphatic heterocycles. The van der Waals surface area contributed by atoms with Gasteiger partial charge in [0.15, 0.2) is 0 Å². The van der Waals surface area contributed by atoms with Crippen LogP contribution in [0.4, 0.5) is 10.1 Å². The van der Waals surface area contributed by atoms with Crippen molar-refractivity contribution < 1.29 is 12.8 Å². The summed E-state index contributed by atoms with van der Waals surface area (Å²) in [5, 5.41) is 1.66. The maximum absolute atomic E-state index is 13.0. The van der Waals surface area contributed by atoms with Crippen LogP contribution in [0.15, 0.2) is 65.6 Å². The van der Waals surface area contributed by atoms with E-state index in [1.54, 1.807) is 30.3 Å². The summed E-state index contributed by atoms with van der Waals surface area (Å²) < 4.78 is 40.0. The normalized spacial score (nSPS) is 15.4. The molecular weight excluding hydrogens is 301 g/mol. The fourth-order valence-corrected chi connectivity index (χ4v) is 4.58. The van der Waals surface area contributed by atoms with Gasteiger partial charge in [-0.25, -0.2) is 12.8 Å². The van der Waals surface area contributed by atoms with Gasteiger partial charge in [-0.3, -0.25) is 4.31 Å². The van der Waals surface area contributed by atoms with Gasteiger partial charge in [-0.05, 0) is 35.2 Å². The molecule has 0 fully saturated rings. The van der Waals surface area contributed by atoms with Crippen LogP contribution in [0.1, 0.15) is 5.56 Å². The summed E-state index contributed by atoms with van der Waals surface area (Å²) in [5.41, 5.74) is 1.42. The lowest BCUT2D eigenvalue weighted by Crippen LogP contribution is -2.26. The summed E-state index contributed by atoms with van der Waals surface area (Å²) in [6.45, 7) is 0.191. The van der Waals surface area contributed by atoms with E-state index >= 15 is 0 Å². The van der Waals surface area contributed by atoms with Crippen LogP contribution in [0.5, 0.6) is 0 Å². The Morgan fingerprint density at radius 3 is 2.32 bits per heavy atom. The van der Waals surface area contributed by atoms with Gasteiger partial charge in [0.25, 0.3) is 10.0 Å². The fourth-order valence-electron chi connectivity index (χ4n) is 2.88. The number of nitrogens with zero attached hydrogens (tertiary/aromatic N) is 1. The first kappa shape index (κ1) is 13.3. The Labute approximate surface area is 127 Å². The van der Waals surface area contributed by atoms with Crippen LogP contribution in [0.2, 0.25) is 0 Å². The highest BCUT2D eigenvalue weighted by atomic mass is 32.2. The second kappa shape index (κ2) is 4.55. The molecule has 0 amide bonds. The van der Waals surface area contributed by atoms with E-state index in [4.69, 9.17) is 0 Å². The molecule has 0 radical (unpaired) electrons. The number of sulfonamides is 1. The number of hydrogen-bond acceptors (Lipinski definition) is 2. The van der Waals surface area contributed by atoms with Gasteiger partial charge in [-0.15, -0.1) is 0 Å². The topological polar surface area (TPSA) is 37.4 Å². The first-order valence-electron chi connectivity index (χ1n) is 6.86. The van der Waals surface area contributed by atoms with Gasteiger partial charge in [-0.2, -0.15) is 0 Å². The lowest BCUT2D eigenvalue weighted by Gasteiger charge is -2.18. The van der Waals surface area contributed by atoms with Gasteiger partial charge in [0, 0.05) is 5.39 Å². The molecule has 0 spiro atoms. The summed E-state index contributed by atoms with van der Waals surface area (Å²) in [6, 6.07) is 16.7. The van der Waals surface area contributed by atoms with E-state index in [0.717, 1.165) is 16.3 Å². The maximum atomic E-state index is 13.0. The summed E-state index contributed by atoms with van der Waals surface area (Å²) in [7, 11) is -3.57. The third-order valence-corrected chi connectivity index (χ3v) is 5.72.